The molecule has 36 heavy (non-hydrogen) atoms. The van der Waals surface area contributed by atoms with Crippen molar-refractivity contribution in [2.45, 2.75) is 0 Å². The van der Waals surface area contributed by atoms with E-state index in [1.807, 2.05) is 0 Å². The Morgan fingerprint density at radius 2 is 1.56 bits per heavy atom. The molecule has 1 heterocycles. The topological polar surface area (TPSA) is 140 Å². The van der Waals surface area contributed by atoms with Crippen molar-refractivity contribution in [2.75, 3.05) is 14.2 Å². The lowest BCUT2D eigenvalue weighted by Crippen LogP contribution is -1.98. The third kappa shape index (κ3) is 4.99. The van der Waals surface area contributed by atoms with E-state index in [0.29, 0.717) is 28.2 Å². The van der Waals surface area contributed by atoms with Gasteiger partial charge in [-0.3, -0.25) is 20.2 Å². The number of nitro groups is 2. The third-order valence-corrected chi connectivity index (χ3v) is 5.18. The summed E-state index contributed by atoms with van der Waals surface area (Å²) in [7, 11) is 2.94. The normalized spacial score (nSPS) is 13.7. The van der Waals surface area contributed by atoms with E-state index in [0.717, 1.165) is 18.2 Å². The molecule has 182 valence electrons. The summed E-state index contributed by atoms with van der Waals surface area (Å²) in [5.41, 5.74) is 0.591. The van der Waals surface area contributed by atoms with Crippen LogP contribution in [-0.4, -0.2) is 30.0 Å². The van der Waals surface area contributed by atoms with Crippen LogP contribution in [-0.2, 0) is 9.53 Å². The summed E-state index contributed by atoms with van der Waals surface area (Å²) in [6.07, 6.45) is 3.21. The fraction of sp³-hybridized carbons (Fsp3) is 0.0800. The predicted octanol–water partition coefficient (Wildman–Crippen LogP) is 5.29. The van der Waals surface area contributed by atoms with Crippen molar-refractivity contribution in [3.8, 4) is 23.0 Å². The molecule has 0 saturated carbocycles. The predicted molar refractivity (Wildman–Crippen MR) is 128 cm³/mol. The van der Waals surface area contributed by atoms with Crippen LogP contribution in [0.1, 0.15) is 11.1 Å². The van der Waals surface area contributed by atoms with Crippen LogP contribution in [0.5, 0.6) is 23.0 Å². The number of non-ortho nitro benzene ring substituents is 1. The summed E-state index contributed by atoms with van der Waals surface area (Å²) >= 11 is 0. The van der Waals surface area contributed by atoms with Gasteiger partial charge in [-0.15, -0.1) is 0 Å². The summed E-state index contributed by atoms with van der Waals surface area (Å²) in [5, 5.41) is 22.3. The number of nitro benzene ring substituents is 2. The summed E-state index contributed by atoms with van der Waals surface area (Å²) in [5.74, 6) is 0.713. The second-order valence-corrected chi connectivity index (χ2v) is 7.40. The molecule has 1 aliphatic rings. The van der Waals surface area contributed by atoms with E-state index in [9.17, 15) is 25.0 Å². The van der Waals surface area contributed by atoms with Gasteiger partial charge in [-0.25, -0.2) is 4.79 Å². The number of rotatable bonds is 8. The summed E-state index contributed by atoms with van der Waals surface area (Å²) in [6.45, 7) is 0. The first-order valence-electron chi connectivity index (χ1n) is 10.4. The molecule has 0 fully saturated rings. The average molecular weight is 490 g/mol. The summed E-state index contributed by atoms with van der Waals surface area (Å²) in [6, 6.07) is 14.8. The number of hydrogen-bond donors (Lipinski definition) is 0. The van der Waals surface area contributed by atoms with Crippen LogP contribution < -0.4 is 14.2 Å². The first kappa shape index (κ1) is 24.0. The monoisotopic (exact) mass is 490 g/mol. The molecule has 0 unspecified atom stereocenters. The van der Waals surface area contributed by atoms with E-state index in [1.54, 1.807) is 55.7 Å². The van der Waals surface area contributed by atoms with Crippen LogP contribution in [0.15, 0.2) is 72.3 Å². The standard InChI is InChI=1S/C25H18N2O9/c1-33-19-7-4-16(5-8-19)23-13-17(25(28)36-23)11-15-3-9-22(24(12-15)34-2)35-21-10-6-18(26(29)30)14-20(21)27(31)32/h3-14H,1-2H3/b17-11+. The van der Waals surface area contributed by atoms with E-state index < -0.39 is 27.2 Å². The highest BCUT2D eigenvalue weighted by molar-refractivity contribution is 6.05. The van der Waals surface area contributed by atoms with Crippen LogP contribution in [0.3, 0.4) is 0 Å². The van der Waals surface area contributed by atoms with Crippen LogP contribution in [0, 0.1) is 20.2 Å². The van der Waals surface area contributed by atoms with E-state index in [1.165, 1.54) is 13.2 Å². The Bertz CT molecular complexity index is 1430. The van der Waals surface area contributed by atoms with Gasteiger partial charge < -0.3 is 18.9 Å². The van der Waals surface area contributed by atoms with Crippen molar-refractivity contribution in [1.82, 2.24) is 0 Å². The first-order valence-corrected chi connectivity index (χ1v) is 10.4. The highest BCUT2D eigenvalue weighted by Gasteiger charge is 2.24. The number of methoxy groups -OCH3 is 2. The van der Waals surface area contributed by atoms with Gasteiger partial charge in [-0.1, -0.05) is 6.07 Å². The first-order chi connectivity index (χ1) is 17.3. The Hall–Kier alpha value is -5.19. The van der Waals surface area contributed by atoms with Crippen molar-refractivity contribution in [2.24, 2.45) is 0 Å². The molecule has 3 aromatic rings. The summed E-state index contributed by atoms with van der Waals surface area (Å²) in [4.78, 5) is 33.2. The molecule has 0 aromatic heterocycles. The lowest BCUT2D eigenvalue weighted by Gasteiger charge is -2.11. The molecule has 0 atom stereocenters. The molecule has 11 nitrogen and oxygen atoms in total. The van der Waals surface area contributed by atoms with E-state index in [2.05, 4.69) is 0 Å². The minimum absolute atomic E-state index is 0.139. The minimum Gasteiger partial charge on any atom is -0.497 e. The second-order valence-electron chi connectivity index (χ2n) is 7.40. The number of ether oxygens (including phenoxy) is 4. The smallest absolute Gasteiger partial charge is 0.343 e. The van der Waals surface area contributed by atoms with Gasteiger partial charge in [0.1, 0.15) is 11.5 Å². The van der Waals surface area contributed by atoms with Crippen LogP contribution in [0.25, 0.3) is 11.8 Å². The Morgan fingerprint density at radius 3 is 2.19 bits per heavy atom. The fourth-order valence-electron chi connectivity index (χ4n) is 3.39. The molecule has 11 heteroatoms. The maximum absolute atomic E-state index is 12.4. The zero-order valence-corrected chi connectivity index (χ0v) is 19.0. The number of benzene rings is 3. The van der Waals surface area contributed by atoms with Gasteiger partial charge in [0.25, 0.3) is 5.69 Å². The number of hydrogen-bond acceptors (Lipinski definition) is 9. The lowest BCUT2D eigenvalue weighted by atomic mass is 10.1. The van der Waals surface area contributed by atoms with Gasteiger partial charge in [-0.2, -0.15) is 0 Å². The van der Waals surface area contributed by atoms with Gasteiger partial charge in [0, 0.05) is 11.6 Å². The van der Waals surface area contributed by atoms with Crippen LogP contribution in [0.2, 0.25) is 0 Å². The Morgan fingerprint density at radius 1 is 0.833 bits per heavy atom. The van der Waals surface area contributed by atoms with Gasteiger partial charge in [0.05, 0.1) is 35.7 Å². The molecule has 0 N–H and O–H groups in total. The van der Waals surface area contributed by atoms with Gasteiger partial charge in [-0.05, 0) is 60.2 Å². The zero-order chi connectivity index (χ0) is 25.8. The molecule has 3 aromatic carbocycles. The fourth-order valence-corrected chi connectivity index (χ4v) is 3.39. The van der Waals surface area contributed by atoms with Gasteiger partial charge in [0.15, 0.2) is 11.5 Å². The quantitative estimate of drug-likeness (QED) is 0.178. The maximum atomic E-state index is 12.4. The van der Waals surface area contributed by atoms with Crippen molar-refractivity contribution in [1.29, 1.82) is 0 Å². The molecule has 0 radical (unpaired) electrons. The van der Waals surface area contributed by atoms with Gasteiger partial charge in [0.2, 0.25) is 5.75 Å². The van der Waals surface area contributed by atoms with E-state index in [4.69, 9.17) is 18.9 Å². The third-order valence-electron chi connectivity index (χ3n) is 5.18. The Kier molecular flexibility index (Phi) is 6.63. The molecule has 4 rings (SSSR count). The Balaban J connectivity index is 1.61. The number of cyclic esters (lactones) is 1. The Labute approximate surface area is 204 Å². The van der Waals surface area contributed by atoms with Crippen molar-refractivity contribution in [3.63, 3.8) is 0 Å². The highest BCUT2D eigenvalue weighted by Crippen LogP contribution is 2.39. The van der Waals surface area contributed by atoms with Crippen molar-refractivity contribution < 1.29 is 33.6 Å². The zero-order valence-electron chi connectivity index (χ0n) is 19.0. The van der Waals surface area contributed by atoms with Crippen molar-refractivity contribution >= 4 is 29.2 Å². The van der Waals surface area contributed by atoms with Gasteiger partial charge >= 0.3 is 11.7 Å². The largest absolute Gasteiger partial charge is 0.497 e. The molecular formula is C25H18N2O9. The van der Waals surface area contributed by atoms with Crippen molar-refractivity contribution in [3.05, 3.63) is 104 Å². The maximum Gasteiger partial charge on any atom is 0.343 e. The number of carbonyl (C=O) groups is 1. The van der Waals surface area contributed by atoms with E-state index >= 15 is 0 Å². The highest BCUT2D eigenvalue weighted by atomic mass is 16.6. The molecule has 0 aliphatic carbocycles. The SMILES string of the molecule is COc1ccc(C2=C/C(=C\c3ccc(Oc4ccc([N+](=O)[O-])cc4[N+](=O)[O-])c(OC)c3)C(=O)O2)cc1. The second kappa shape index (κ2) is 9.97. The summed E-state index contributed by atoms with van der Waals surface area (Å²) < 4.78 is 21.5. The molecule has 1 aliphatic heterocycles. The van der Waals surface area contributed by atoms with E-state index in [-0.39, 0.29) is 17.2 Å². The number of esters is 1. The average Bonchev–Trinajstić information content (AvgIpc) is 3.24. The molecular weight excluding hydrogens is 472 g/mol. The molecule has 0 saturated heterocycles. The lowest BCUT2D eigenvalue weighted by molar-refractivity contribution is -0.394. The molecule has 0 spiro atoms. The molecule has 0 amide bonds. The molecule has 0 bridgehead atoms. The van der Waals surface area contributed by atoms with Crippen LogP contribution in [0.4, 0.5) is 11.4 Å². The number of carbonyl (C=O) groups excluding carboxylic acids is 1. The number of nitrogens with zero attached hydrogens (tertiary/aromatic N) is 2. The minimum atomic E-state index is -0.772. The van der Waals surface area contributed by atoms with Crippen LogP contribution >= 0.6 is 0 Å².